The van der Waals surface area contributed by atoms with E-state index in [1.165, 1.54) is 12.8 Å². The van der Waals surface area contributed by atoms with Crippen molar-refractivity contribution in [1.82, 2.24) is 10.2 Å². The van der Waals surface area contributed by atoms with Crippen molar-refractivity contribution < 1.29 is 9.53 Å². The van der Waals surface area contributed by atoms with Gasteiger partial charge in [0.1, 0.15) is 5.60 Å². The van der Waals surface area contributed by atoms with Gasteiger partial charge < -0.3 is 15.0 Å². The van der Waals surface area contributed by atoms with E-state index in [9.17, 15) is 4.79 Å². The summed E-state index contributed by atoms with van der Waals surface area (Å²) in [6, 6.07) is 1.20. The van der Waals surface area contributed by atoms with Crippen molar-refractivity contribution in [2.75, 3.05) is 6.54 Å². The molecule has 1 aliphatic heterocycles. The van der Waals surface area contributed by atoms with Gasteiger partial charge in [-0.05, 0) is 65.2 Å². The van der Waals surface area contributed by atoms with Gasteiger partial charge in [0.05, 0.1) is 0 Å². The molecule has 124 valence electrons. The Labute approximate surface area is 134 Å². The Kier molecular flexibility index (Phi) is 4.23. The summed E-state index contributed by atoms with van der Waals surface area (Å²) in [5.74, 6) is 1.60. The SMILES string of the molecule is CC1C(NC2CC3CC=CC32)CCCN1C(=O)OC(C)(C)C. The van der Waals surface area contributed by atoms with Crippen molar-refractivity contribution in [3.8, 4) is 0 Å². The molecule has 1 saturated heterocycles. The molecule has 0 aromatic heterocycles. The molecule has 0 aromatic carbocycles. The highest BCUT2D eigenvalue weighted by molar-refractivity contribution is 5.68. The molecule has 2 fully saturated rings. The third kappa shape index (κ3) is 3.17. The Morgan fingerprint density at radius 2 is 2.09 bits per heavy atom. The lowest BCUT2D eigenvalue weighted by molar-refractivity contribution is 0.00349. The largest absolute Gasteiger partial charge is 0.444 e. The van der Waals surface area contributed by atoms with Crippen LogP contribution in [0.25, 0.3) is 0 Å². The highest BCUT2D eigenvalue weighted by Crippen LogP contribution is 2.43. The molecule has 1 saturated carbocycles. The van der Waals surface area contributed by atoms with E-state index in [4.69, 9.17) is 4.74 Å². The number of amides is 1. The standard InChI is InChI=1S/C18H30N2O2/c1-12-15(19-16-11-13-7-5-8-14(13)16)9-6-10-20(12)17(21)22-18(2,3)4/h5,8,12-16,19H,6-7,9-11H2,1-4H3. The van der Waals surface area contributed by atoms with Crippen LogP contribution in [0.3, 0.4) is 0 Å². The molecule has 5 unspecified atom stereocenters. The van der Waals surface area contributed by atoms with E-state index in [1.807, 2.05) is 25.7 Å². The molecule has 0 bridgehead atoms. The predicted molar refractivity (Wildman–Crippen MR) is 87.7 cm³/mol. The van der Waals surface area contributed by atoms with Gasteiger partial charge in [0.15, 0.2) is 0 Å². The number of nitrogens with one attached hydrogen (secondary N) is 1. The Bertz CT molecular complexity index is 454. The molecule has 0 spiro atoms. The molecule has 1 amide bonds. The van der Waals surface area contributed by atoms with Gasteiger partial charge in [0, 0.05) is 24.7 Å². The minimum atomic E-state index is -0.424. The number of hydrogen-bond donors (Lipinski definition) is 1. The Morgan fingerprint density at radius 3 is 2.77 bits per heavy atom. The predicted octanol–water partition coefficient (Wildman–Crippen LogP) is 3.33. The zero-order valence-electron chi connectivity index (χ0n) is 14.3. The second kappa shape index (κ2) is 5.88. The first-order chi connectivity index (χ1) is 10.3. The minimum Gasteiger partial charge on any atom is -0.444 e. The third-order valence-corrected chi connectivity index (χ3v) is 5.41. The van der Waals surface area contributed by atoms with Crippen LogP contribution in [0, 0.1) is 11.8 Å². The number of allylic oxidation sites excluding steroid dienone is 1. The van der Waals surface area contributed by atoms with Crippen molar-refractivity contribution in [2.45, 2.75) is 77.1 Å². The van der Waals surface area contributed by atoms with Crippen LogP contribution in [0.4, 0.5) is 4.79 Å². The fourth-order valence-corrected chi connectivity index (χ4v) is 4.13. The fraction of sp³-hybridized carbons (Fsp3) is 0.833. The number of piperidine rings is 1. The van der Waals surface area contributed by atoms with Crippen LogP contribution in [0.2, 0.25) is 0 Å². The van der Waals surface area contributed by atoms with Crippen molar-refractivity contribution in [3.63, 3.8) is 0 Å². The smallest absolute Gasteiger partial charge is 0.410 e. The fourth-order valence-electron chi connectivity index (χ4n) is 4.13. The van der Waals surface area contributed by atoms with Gasteiger partial charge in [0.25, 0.3) is 0 Å². The van der Waals surface area contributed by atoms with Crippen LogP contribution in [0.15, 0.2) is 12.2 Å². The quantitative estimate of drug-likeness (QED) is 0.796. The first kappa shape index (κ1) is 15.9. The van der Waals surface area contributed by atoms with Gasteiger partial charge in [-0.3, -0.25) is 0 Å². The van der Waals surface area contributed by atoms with E-state index in [0.29, 0.717) is 12.1 Å². The van der Waals surface area contributed by atoms with Gasteiger partial charge in [-0.15, -0.1) is 0 Å². The lowest BCUT2D eigenvalue weighted by Gasteiger charge is -2.47. The van der Waals surface area contributed by atoms with Crippen molar-refractivity contribution in [3.05, 3.63) is 12.2 Å². The second-order valence-corrected chi connectivity index (χ2v) is 8.17. The number of fused-ring (bicyclic) bond motifs is 1. The number of rotatable bonds is 2. The van der Waals surface area contributed by atoms with Crippen LogP contribution in [-0.4, -0.2) is 41.3 Å². The summed E-state index contributed by atoms with van der Waals surface area (Å²) >= 11 is 0. The van der Waals surface area contributed by atoms with Gasteiger partial charge >= 0.3 is 6.09 Å². The summed E-state index contributed by atoms with van der Waals surface area (Å²) in [6.07, 6.45) is 9.29. The topological polar surface area (TPSA) is 41.6 Å². The van der Waals surface area contributed by atoms with Crippen LogP contribution < -0.4 is 5.32 Å². The van der Waals surface area contributed by atoms with Crippen molar-refractivity contribution in [2.24, 2.45) is 11.8 Å². The molecule has 0 aromatic rings. The average molecular weight is 306 g/mol. The molecular formula is C18H30N2O2. The summed E-state index contributed by atoms with van der Waals surface area (Å²) < 4.78 is 5.56. The number of likely N-dealkylation sites (tertiary alicyclic amines) is 1. The van der Waals surface area contributed by atoms with Crippen molar-refractivity contribution in [1.29, 1.82) is 0 Å². The number of carbonyl (C=O) groups is 1. The van der Waals surface area contributed by atoms with E-state index in [0.717, 1.165) is 31.2 Å². The second-order valence-electron chi connectivity index (χ2n) is 8.17. The summed E-state index contributed by atoms with van der Waals surface area (Å²) in [6.45, 7) is 8.74. The maximum Gasteiger partial charge on any atom is 0.410 e. The first-order valence-corrected chi connectivity index (χ1v) is 8.77. The number of ether oxygens (including phenoxy) is 1. The average Bonchev–Trinajstić information content (AvgIpc) is 2.77. The molecule has 2 aliphatic carbocycles. The molecule has 1 heterocycles. The van der Waals surface area contributed by atoms with E-state index in [1.54, 1.807) is 0 Å². The third-order valence-electron chi connectivity index (χ3n) is 5.41. The molecule has 4 nitrogen and oxygen atoms in total. The molecule has 5 atom stereocenters. The van der Waals surface area contributed by atoms with E-state index < -0.39 is 5.60 Å². The summed E-state index contributed by atoms with van der Waals surface area (Å²) in [4.78, 5) is 14.3. The molecule has 4 heteroatoms. The normalized spacial score (nSPS) is 37.6. The Balaban J connectivity index is 1.57. The summed E-state index contributed by atoms with van der Waals surface area (Å²) in [5, 5.41) is 3.82. The maximum absolute atomic E-state index is 12.4. The lowest BCUT2D eigenvalue weighted by atomic mass is 9.71. The monoisotopic (exact) mass is 306 g/mol. The summed E-state index contributed by atoms with van der Waals surface area (Å²) in [5.41, 5.74) is -0.424. The zero-order chi connectivity index (χ0) is 15.9. The first-order valence-electron chi connectivity index (χ1n) is 8.77. The molecule has 22 heavy (non-hydrogen) atoms. The van der Waals surface area contributed by atoms with Crippen LogP contribution in [-0.2, 0) is 4.74 Å². The highest BCUT2D eigenvalue weighted by Gasteiger charge is 2.43. The van der Waals surface area contributed by atoms with Gasteiger partial charge in [0.2, 0.25) is 0 Å². The maximum atomic E-state index is 12.4. The van der Waals surface area contributed by atoms with E-state index >= 15 is 0 Å². The molecule has 0 radical (unpaired) electrons. The molecule has 3 rings (SSSR count). The lowest BCUT2D eigenvalue weighted by Crippen LogP contribution is -2.60. The number of carbonyl (C=O) groups excluding carboxylic acids is 1. The Morgan fingerprint density at radius 1 is 1.32 bits per heavy atom. The number of nitrogens with zero attached hydrogens (tertiary/aromatic N) is 1. The van der Waals surface area contributed by atoms with Gasteiger partial charge in [-0.1, -0.05) is 12.2 Å². The van der Waals surface area contributed by atoms with Gasteiger partial charge in [-0.2, -0.15) is 0 Å². The van der Waals surface area contributed by atoms with Crippen molar-refractivity contribution >= 4 is 6.09 Å². The van der Waals surface area contributed by atoms with Crippen LogP contribution >= 0.6 is 0 Å². The molecule has 1 N–H and O–H groups in total. The molecular weight excluding hydrogens is 276 g/mol. The van der Waals surface area contributed by atoms with Crippen LogP contribution in [0.5, 0.6) is 0 Å². The Hall–Kier alpha value is -1.03. The van der Waals surface area contributed by atoms with Gasteiger partial charge in [-0.25, -0.2) is 4.79 Å². The zero-order valence-corrected chi connectivity index (χ0v) is 14.3. The van der Waals surface area contributed by atoms with E-state index in [2.05, 4.69) is 24.4 Å². The minimum absolute atomic E-state index is 0.168. The highest BCUT2D eigenvalue weighted by atomic mass is 16.6. The van der Waals surface area contributed by atoms with Crippen LogP contribution in [0.1, 0.15) is 53.4 Å². The number of hydrogen-bond acceptors (Lipinski definition) is 3. The van der Waals surface area contributed by atoms with E-state index in [-0.39, 0.29) is 12.1 Å². The summed E-state index contributed by atoms with van der Waals surface area (Å²) in [7, 11) is 0. The molecule has 3 aliphatic rings.